The molecule has 0 unspecified atom stereocenters. The molecule has 49 heavy (non-hydrogen) atoms. The van der Waals surface area contributed by atoms with E-state index in [1.165, 1.54) is 0 Å². The lowest BCUT2D eigenvalue weighted by Crippen LogP contribution is -1.91. The van der Waals surface area contributed by atoms with Crippen molar-refractivity contribution in [3.05, 3.63) is 182 Å². The van der Waals surface area contributed by atoms with Gasteiger partial charge in [-0.05, 0) is 89.4 Å². The molecule has 1 heteroatoms. The maximum atomic E-state index is 9.73. The fourth-order valence-electron chi connectivity index (χ4n) is 7.12. The van der Waals surface area contributed by atoms with Crippen LogP contribution in [-0.4, -0.2) is 0 Å². The predicted octanol–water partition coefficient (Wildman–Crippen LogP) is 13.7. The van der Waals surface area contributed by atoms with Crippen molar-refractivity contribution >= 4 is 54.3 Å². The van der Waals surface area contributed by atoms with Crippen LogP contribution in [0.5, 0.6) is 0 Å². The van der Waals surface area contributed by atoms with Crippen molar-refractivity contribution in [2.24, 2.45) is 0 Å². The van der Waals surface area contributed by atoms with Crippen LogP contribution in [0.2, 0.25) is 0 Å². The van der Waals surface area contributed by atoms with Gasteiger partial charge in [-0.2, -0.15) is 0 Å². The zero-order valence-electron chi connectivity index (χ0n) is 36.9. The van der Waals surface area contributed by atoms with E-state index in [2.05, 4.69) is 48.5 Å². The minimum atomic E-state index is -0.656. The number of para-hydroxylation sites is 1. The van der Waals surface area contributed by atoms with Crippen LogP contribution in [0.3, 0.4) is 0 Å². The molecule has 9 aromatic carbocycles. The minimum Gasteiger partial charge on any atom is -0.455 e. The summed E-state index contributed by atoms with van der Waals surface area (Å²) in [6, 6.07) is 32.5. The highest BCUT2D eigenvalue weighted by Gasteiger charge is 2.19. The van der Waals surface area contributed by atoms with Crippen molar-refractivity contribution in [3.8, 4) is 44.5 Å². The number of furan rings is 1. The van der Waals surface area contributed by atoms with Crippen LogP contribution in [0, 0.1) is 0 Å². The van der Waals surface area contributed by atoms with Gasteiger partial charge in [0.1, 0.15) is 11.2 Å². The molecule has 0 N–H and O–H groups in total. The first-order valence-corrected chi connectivity index (χ1v) is 16.0. The monoisotopic (exact) mass is 633 g/mol. The molecule has 0 spiro atoms. The van der Waals surface area contributed by atoms with Crippen molar-refractivity contribution < 1.29 is 19.5 Å². The molecule has 0 bridgehead atoms. The van der Waals surface area contributed by atoms with Crippen molar-refractivity contribution in [1.82, 2.24) is 0 Å². The van der Waals surface area contributed by atoms with E-state index in [-0.39, 0.29) is 51.2 Å². The lowest BCUT2D eigenvalue weighted by Gasteiger charge is -2.18. The van der Waals surface area contributed by atoms with Crippen molar-refractivity contribution in [2.75, 3.05) is 0 Å². The Kier molecular flexibility index (Phi) is 4.25. The van der Waals surface area contributed by atoms with E-state index in [0.717, 1.165) is 54.6 Å². The first-order chi connectivity index (χ1) is 28.9. The number of rotatable bonds is 4. The maximum Gasteiger partial charge on any atom is 0.143 e. The van der Waals surface area contributed by atoms with E-state index in [1.54, 1.807) is 0 Å². The van der Waals surface area contributed by atoms with Gasteiger partial charge in [0.05, 0.1) is 15.1 Å². The van der Waals surface area contributed by atoms with Gasteiger partial charge in [0.2, 0.25) is 0 Å². The van der Waals surface area contributed by atoms with E-state index in [9.17, 15) is 4.11 Å². The highest BCUT2D eigenvalue weighted by atomic mass is 16.3. The Morgan fingerprint density at radius 1 is 0.388 bits per heavy atom. The predicted molar refractivity (Wildman–Crippen MR) is 208 cm³/mol. The Morgan fingerprint density at radius 3 is 1.78 bits per heavy atom. The summed E-state index contributed by atoms with van der Waals surface area (Å²) in [4.78, 5) is 0. The molecule has 0 aliphatic carbocycles. The van der Waals surface area contributed by atoms with E-state index in [1.807, 2.05) is 66.7 Å². The topological polar surface area (TPSA) is 13.1 Å². The highest BCUT2D eigenvalue weighted by molar-refractivity contribution is 6.22. The second kappa shape index (κ2) is 11.1. The first kappa shape index (κ1) is 18.8. The molecule has 0 radical (unpaired) electrons. The van der Waals surface area contributed by atoms with Crippen molar-refractivity contribution in [2.45, 2.75) is 0 Å². The lowest BCUT2D eigenvalue weighted by molar-refractivity contribution is 0.670. The zero-order valence-corrected chi connectivity index (χ0v) is 25.9. The molecule has 0 fully saturated rings. The summed E-state index contributed by atoms with van der Waals surface area (Å²) in [6.07, 6.45) is 0. The van der Waals surface area contributed by atoms with Gasteiger partial charge in [0.25, 0.3) is 0 Å². The molecule has 0 saturated heterocycles. The summed E-state index contributed by atoms with van der Waals surface area (Å²) in [5, 5.41) is 5.17. The summed E-state index contributed by atoms with van der Waals surface area (Å²) in [7, 11) is 0. The molecule has 1 heterocycles. The normalized spacial score (nSPS) is 14.8. The van der Waals surface area contributed by atoms with Gasteiger partial charge < -0.3 is 4.42 Å². The van der Waals surface area contributed by atoms with Gasteiger partial charge in [-0.15, -0.1) is 0 Å². The first-order valence-electron chi connectivity index (χ1n) is 21.5. The third kappa shape index (κ3) is 4.40. The second-order valence-corrected chi connectivity index (χ2v) is 12.0. The van der Waals surface area contributed by atoms with E-state index < -0.39 is 53.9 Å². The van der Waals surface area contributed by atoms with Gasteiger partial charge >= 0.3 is 0 Å². The molecule has 228 valence electrons. The number of fused-ring (bicyclic) bond motifs is 6. The zero-order chi connectivity index (χ0) is 41.9. The average Bonchev–Trinajstić information content (AvgIpc) is 3.68. The van der Waals surface area contributed by atoms with Crippen LogP contribution in [0.25, 0.3) is 98.8 Å². The van der Waals surface area contributed by atoms with E-state index >= 15 is 0 Å². The molecule has 0 aliphatic heterocycles. The minimum absolute atomic E-state index is 0.100. The molecule has 10 rings (SSSR count). The Balaban J connectivity index is 1.28. The quantitative estimate of drug-likeness (QED) is 0.176. The Bertz CT molecular complexity index is 3430. The average molecular weight is 634 g/mol. The maximum absolute atomic E-state index is 9.73. The number of benzene rings is 9. The van der Waals surface area contributed by atoms with E-state index in [0.29, 0.717) is 5.56 Å². The molecule has 0 atom stereocenters. The highest BCUT2D eigenvalue weighted by Crippen LogP contribution is 2.46. The SMILES string of the molecule is [2H]c1c([2H])c([2H])c(-c2c([2H])c([2H])c([2H])c3c2oc2c([2H])c(-c4c5ccccc5c(-c5cccc(-c6cccc7ccccc67)c5)c5ccccc45)c([2H])c([2H])c23)c([2H])c1[2H]. The van der Waals surface area contributed by atoms with Gasteiger partial charge in [0, 0.05) is 16.3 Å². The number of hydrogen-bond donors (Lipinski definition) is 0. The standard InChI is InChI=1S/C48H30O/c1-2-13-32(14-3-1)38-25-12-26-44-39-28-27-35(30-45(39)49-48(38)44)47-42-22-8-6-20-40(42)46(41-21-7-9-23-43(41)47)34-18-10-17-33(29-34)37-24-11-16-31-15-4-5-19-36(31)37/h1-30H/i1D,2D,3D,12D,13D,14D,25D,26D,27D,28D,30D. The fraction of sp³-hybridized carbons (Fsp3) is 0. The van der Waals surface area contributed by atoms with Crippen LogP contribution in [0.15, 0.2) is 186 Å². The van der Waals surface area contributed by atoms with E-state index in [4.69, 9.17) is 15.4 Å². The van der Waals surface area contributed by atoms with Crippen LogP contribution in [-0.2, 0) is 0 Å². The molecular formula is C48H30O. The second-order valence-electron chi connectivity index (χ2n) is 12.0. The fourth-order valence-corrected chi connectivity index (χ4v) is 7.12. The third-order valence-corrected chi connectivity index (χ3v) is 9.24. The van der Waals surface area contributed by atoms with Gasteiger partial charge in [0.15, 0.2) is 0 Å². The molecular weight excluding hydrogens is 593 g/mol. The summed E-state index contributed by atoms with van der Waals surface area (Å²) >= 11 is 0. The summed E-state index contributed by atoms with van der Waals surface area (Å²) in [6.45, 7) is 0. The largest absolute Gasteiger partial charge is 0.455 e. The van der Waals surface area contributed by atoms with Crippen molar-refractivity contribution in [3.63, 3.8) is 0 Å². The van der Waals surface area contributed by atoms with Gasteiger partial charge in [-0.25, -0.2) is 0 Å². The summed E-state index contributed by atoms with van der Waals surface area (Å²) in [5.74, 6) is 0. The smallest absolute Gasteiger partial charge is 0.143 e. The molecule has 10 aromatic rings. The Hall–Kier alpha value is -6.44. The molecule has 1 nitrogen and oxygen atoms in total. The summed E-state index contributed by atoms with van der Waals surface area (Å²) < 4.78 is 104. The van der Waals surface area contributed by atoms with Crippen LogP contribution in [0.4, 0.5) is 0 Å². The van der Waals surface area contributed by atoms with Crippen LogP contribution < -0.4 is 0 Å². The van der Waals surface area contributed by atoms with Gasteiger partial charge in [-0.1, -0.05) is 164 Å². The molecule has 1 aromatic heterocycles. The third-order valence-electron chi connectivity index (χ3n) is 9.24. The van der Waals surface area contributed by atoms with Gasteiger partial charge in [-0.3, -0.25) is 0 Å². The molecule has 0 amide bonds. The van der Waals surface area contributed by atoms with Crippen molar-refractivity contribution in [1.29, 1.82) is 0 Å². The Morgan fingerprint density at radius 2 is 1.02 bits per heavy atom. The Labute approximate surface area is 299 Å². The number of hydrogen-bond acceptors (Lipinski definition) is 1. The summed E-state index contributed by atoms with van der Waals surface area (Å²) in [5.41, 5.74) is 3.50. The van der Waals surface area contributed by atoms with Crippen LogP contribution in [0.1, 0.15) is 15.1 Å². The lowest BCUT2D eigenvalue weighted by atomic mass is 9.85. The molecule has 0 saturated carbocycles. The molecule has 0 aliphatic rings. The van der Waals surface area contributed by atoms with Crippen LogP contribution >= 0.6 is 0 Å².